The number of rotatable bonds is 10. The maximum absolute atomic E-state index is 13.6. The summed E-state index contributed by atoms with van der Waals surface area (Å²) in [5, 5.41) is 1.14. The number of ketones is 1. The molecule has 3 aromatic rings. The summed E-state index contributed by atoms with van der Waals surface area (Å²) in [5.74, 6) is 2.00. The van der Waals surface area contributed by atoms with Gasteiger partial charge >= 0.3 is 0 Å². The van der Waals surface area contributed by atoms with E-state index < -0.39 is 0 Å². The Morgan fingerprint density at radius 2 is 1.78 bits per heavy atom. The monoisotopic (exact) mass is 594 g/mol. The van der Waals surface area contributed by atoms with Gasteiger partial charge in [0.15, 0.2) is 5.82 Å². The molecule has 7 heteroatoms. The van der Waals surface area contributed by atoms with Crippen LogP contribution in [0, 0.1) is 11.3 Å². The molecule has 1 aliphatic carbocycles. The molecule has 1 aromatic heterocycles. The standard InChI is InChI=1S/C34H42Cl2N3O2/c1-41-31-10-6-5-9-28(31)32(40)33-37-17-18-38(33)24-26(25-11-12-29(35)30(36)23-25)13-19-39-20-14-34(15-21-39,16-22-39)27-7-3-2-4-8-27/h5-6,9-12,17-18,23,26-27H,2-4,7-8,13-16,19-22,24H2,1H3/q+1. The van der Waals surface area contributed by atoms with E-state index in [0.29, 0.717) is 39.1 Å². The van der Waals surface area contributed by atoms with Crippen LogP contribution in [0.15, 0.2) is 54.9 Å². The molecule has 3 aliphatic heterocycles. The normalized spacial score (nSPS) is 25.2. The van der Waals surface area contributed by atoms with E-state index in [1.54, 1.807) is 19.4 Å². The van der Waals surface area contributed by atoms with E-state index in [1.165, 1.54) is 75.5 Å². The third-order valence-corrected chi connectivity index (χ3v) is 11.5. The lowest BCUT2D eigenvalue weighted by Crippen LogP contribution is -2.63. The van der Waals surface area contributed by atoms with Crippen molar-refractivity contribution in [3.05, 3.63) is 81.9 Å². The number of hydrogen-bond donors (Lipinski definition) is 0. The highest BCUT2D eigenvalue weighted by molar-refractivity contribution is 6.42. The lowest BCUT2D eigenvalue weighted by molar-refractivity contribution is -0.946. The summed E-state index contributed by atoms with van der Waals surface area (Å²) in [6.45, 7) is 5.74. The highest BCUT2D eigenvalue weighted by Crippen LogP contribution is 2.53. The predicted octanol–water partition coefficient (Wildman–Crippen LogP) is 8.18. The molecular formula is C34H42Cl2N3O2+. The number of methoxy groups -OCH3 is 1. The van der Waals surface area contributed by atoms with E-state index in [4.69, 9.17) is 27.9 Å². The summed E-state index contributed by atoms with van der Waals surface area (Å²) >= 11 is 12.8. The Hall–Kier alpha value is -2.34. The number of hydrogen-bond acceptors (Lipinski definition) is 3. The van der Waals surface area contributed by atoms with Gasteiger partial charge in [-0.1, -0.05) is 60.7 Å². The van der Waals surface area contributed by atoms with Crippen LogP contribution in [0.3, 0.4) is 0 Å². The van der Waals surface area contributed by atoms with Crippen molar-refractivity contribution in [1.82, 2.24) is 9.55 Å². The molecule has 4 fully saturated rings. The summed E-state index contributed by atoms with van der Waals surface area (Å²) in [5.41, 5.74) is 2.30. The predicted molar refractivity (Wildman–Crippen MR) is 165 cm³/mol. The van der Waals surface area contributed by atoms with Gasteiger partial charge in [0.1, 0.15) is 5.75 Å². The number of quaternary nitrogens is 1. The van der Waals surface area contributed by atoms with Gasteiger partial charge in [-0.15, -0.1) is 0 Å². The van der Waals surface area contributed by atoms with Gasteiger partial charge in [0.25, 0.3) is 0 Å². The van der Waals surface area contributed by atoms with Crippen LogP contribution < -0.4 is 4.74 Å². The van der Waals surface area contributed by atoms with Crippen LogP contribution in [0.4, 0.5) is 0 Å². The molecule has 2 aromatic carbocycles. The average Bonchev–Trinajstić information content (AvgIpc) is 3.50. The number of halogens is 2. The van der Waals surface area contributed by atoms with Crippen molar-refractivity contribution < 1.29 is 14.0 Å². The summed E-state index contributed by atoms with van der Waals surface area (Å²) in [7, 11) is 1.59. The third kappa shape index (κ3) is 5.83. The fraction of sp³-hybridized carbons (Fsp3) is 0.529. The van der Waals surface area contributed by atoms with E-state index in [9.17, 15) is 4.79 Å². The van der Waals surface area contributed by atoms with E-state index in [-0.39, 0.29) is 11.7 Å². The van der Waals surface area contributed by atoms with Crippen molar-refractivity contribution in [2.24, 2.45) is 11.3 Å². The zero-order chi connectivity index (χ0) is 28.5. The molecule has 2 bridgehead atoms. The first-order valence-corrected chi connectivity index (χ1v) is 16.2. The second-order valence-electron chi connectivity index (χ2n) is 12.8. The zero-order valence-electron chi connectivity index (χ0n) is 24.2. The number of ether oxygens (including phenoxy) is 1. The van der Waals surface area contributed by atoms with Crippen LogP contribution in [0.1, 0.15) is 85.5 Å². The van der Waals surface area contributed by atoms with Gasteiger partial charge in [0, 0.05) is 50.5 Å². The summed E-state index contributed by atoms with van der Waals surface area (Å²) < 4.78 is 8.71. The summed E-state index contributed by atoms with van der Waals surface area (Å²) in [4.78, 5) is 18.1. The first kappa shape index (κ1) is 28.8. The molecule has 0 spiro atoms. The zero-order valence-corrected chi connectivity index (χ0v) is 25.7. The number of fused-ring (bicyclic) bond motifs is 3. The minimum atomic E-state index is -0.131. The van der Waals surface area contributed by atoms with Crippen molar-refractivity contribution in [3.63, 3.8) is 0 Å². The topological polar surface area (TPSA) is 44.1 Å². The van der Waals surface area contributed by atoms with Crippen molar-refractivity contribution in [1.29, 1.82) is 0 Å². The summed E-state index contributed by atoms with van der Waals surface area (Å²) in [6, 6.07) is 13.3. The Kier molecular flexibility index (Phi) is 8.49. The fourth-order valence-electron chi connectivity index (χ4n) is 8.17. The molecule has 7 rings (SSSR count). The molecule has 4 aliphatic rings. The molecule has 218 valence electrons. The molecule has 3 saturated heterocycles. The van der Waals surface area contributed by atoms with Crippen LogP contribution >= 0.6 is 23.2 Å². The van der Waals surface area contributed by atoms with Gasteiger partial charge < -0.3 is 13.8 Å². The largest absolute Gasteiger partial charge is 0.496 e. The van der Waals surface area contributed by atoms with Gasteiger partial charge in [-0.2, -0.15) is 0 Å². The van der Waals surface area contributed by atoms with Crippen molar-refractivity contribution >= 4 is 29.0 Å². The number of imidazole rings is 1. The SMILES string of the molecule is COc1ccccc1C(=O)c1nccn1CC(CC[N+]12CCC(C3CCCCC3)(CC1)CC2)c1ccc(Cl)c(Cl)c1. The van der Waals surface area contributed by atoms with Gasteiger partial charge in [-0.05, 0) is 54.0 Å². The van der Waals surface area contributed by atoms with Crippen LogP contribution in [-0.4, -0.2) is 53.1 Å². The van der Waals surface area contributed by atoms with Crippen LogP contribution in [0.5, 0.6) is 5.75 Å². The number of benzene rings is 2. The Morgan fingerprint density at radius 1 is 1.05 bits per heavy atom. The molecule has 4 heterocycles. The highest BCUT2D eigenvalue weighted by atomic mass is 35.5. The fourth-order valence-corrected chi connectivity index (χ4v) is 8.47. The van der Waals surface area contributed by atoms with Gasteiger partial charge in [0.2, 0.25) is 5.78 Å². The lowest BCUT2D eigenvalue weighted by Gasteiger charge is -2.58. The molecule has 1 saturated carbocycles. The second-order valence-corrected chi connectivity index (χ2v) is 13.6. The second kappa shape index (κ2) is 12.1. The van der Waals surface area contributed by atoms with E-state index >= 15 is 0 Å². The molecule has 0 amide bonds. The lowest BCUT2D eigenvalue weighted by atomic mass is 9.59. The van der Waals surface area contributed by atoms with Crippen molar-refractivity contribution in [2.75, 3.05) is 33.3 Å². The smallest absolute Gasteiger partial charge is 0.232 e. The van der Waals surface area contributed by atoms with Gasteiger partial charge in [-0.25, -0.2) is 4.98 Å². The first-order valence-electron chi connectivity index (χ1n) is 15.4. The number of para-hydroxylation sites is 1. The Labute approximate surface area is 254 Å². The first-order chi connectivity index (χ1) is 19.9. The molecule has 1 atom stereocenters. The Balaban J connectivity index is 1.21. The number of carbonyl (C=O) groups excluding carboxylic acids is 1. The van der Waals surface area contributed by atoms with Crippen LogP contribution in [0.2, 0.25) is 10.0 Å². The molecule has 41 heavy (non-hydrogen) atoms. The highest BCUT2D eigenvalue weighted by Gasteiger charge is 2.52. The van der Waals surface area contributed by atoms with Gasteiger partial charge in [0.05, 0.1) is 48.9 Å². The molecule has 0 radical (unpaired) electrons. The number of carbonyl (C=O) groups is 1. The number of nitrogens with zero attached hydrogens (tertiary/aromatic N) is 3. The minimum Gasteiger partial charge on any atom is -0.496 e. The quantitative estimate of drug-likeness (QED) is 0.175. The van der Waals surface area contributed by atoms with Crippen LogP contribution in [0.25, 0.3) is 0 Å². The third-order valence-electron chi connectivity index (χ3n) is 10.8. The van der Waals surface area contributed by atoms with Gasteiger partial charge in [-0.3, -0.25) is 4.79 Å². The van der Waals surface area contributed by atoms with Crippen LogP contribution in [-0.2, 0) is 6.54 Å². The molecule has 0 N–H and O–H groups in total. The molecule has 5 nitrogen and oxygen atoms in total. The Morgan fingerprint density at radius 3 is 2.49 bits per heavy atom. The van der Waals surface area contributed by atoms with E-state index in [2.05, 4.69) is 11.1 Å². The maximum Gasteiger partial charge on any atom is 0.232 e. The molecular weight excluding hydrogens is 553 g/mol. The maximum atomic E-state index is 13.6. The minimum absolute atomic E-state index is 0.131. The number of piperidine rings is 3. The van der Waals surface area contributed by atoms with Crippen molar-refractivity contribution in [2.45, 2.75) is 70.3 Å². The number of aromatic nitrogens is 2. The Bertz CT molecular complexity index is 1360. The average molecular weight is 596 g/mol. The van der Waals surface area contributed by atoms with E-state index in [1.807, 2.05) is 41.1 Å². The van der Waals surface area contributed by atoms with Crippen molar-refractivity contribution in [3.8, 4) is 5.75 Å². The van der Waals surface area contributed by atoms with E-state index in [0.717, 1.165) is 24.4 Å². The summed E-state index contributed by atoms with van der Waals surface area (Å²) in [6.07, 6.45) is 16.1. The molecule has 1 unspecified atom stereocenters.